The molecule has 18 heavy (non-hydrogen) atoms. The first-order chi connectivity index (χ1) is 8.39. The Morgan fingerprint density at radius 3 is 2.33 bits per heavy atom. The van der Waals surface area contributed by atoms with E-state index in [2.05, 4.69) is 0 Å². The maximum Gasteiger partial charge on any atom is 0.133 e. The van der Waals surface area contributed by atoms with Gasteiger partial charge in [0.2, 0.25) is 0 Å². The molecule has 0 unspecified atom stereocenters. The fraction of sp³-hybridized carbons (Fsp3) is 0.143. The van der Waals surface area contributed by atoms with Gasteiger partial charge in [0, 0.05) is 5.56 Å². The van der Waals surface area contributed by atoms with Crippen LogP contribution in [-0.2, 0) is 5.11 Å². The van der Waals surface area contributed by atoms with Crippen LogP contribution in [-0.4, -0.2) is 23.5 Å². The molecular weight excluding hydrogens is 220 g/mol. The molecule has 0 heterocycles. The molecule has 0 atom stereocenters. The van der Waals surface area contributed by atoms with Gasteiger partial charge in [0.25, 0.3) is 0 Å². The lowest BCUT2D eigenvalue weighted by atomic mass is 9.40. The molecule has 0 aliphatic carbocycles. The van der Waals surface area contributed by atoms with E-state index in [0.29, 0.717) is 22.3 Å². The monoisotopic (exact) mass is 230 g/mol. The predicted molar refractivity (Wildman–Crippen MR) is 75.5 cm³/mol. The van der Waals surface area contributed by atoms with Crippen molar-refractivity contribution in [3.05, 3.63) is 59.4 Å². The van der Waals surface area contributed by atoms with Gasteiger partial charge < -0.3 is 0 Å². The summed E-state index contributed by atoms with van der Waals surface area (Å²) in [4.78, 5) is 0. The van der Waals surface area contributed by atoms with Crippen LogP contribution in [0, 0.1) is 12.7 Å². The molecule has 0 fully saturated rings. The van der Waals surface area contributed by atoms with Crippen molar-refractivity contribution in [2.45, 2.75) is 12.0 Å². The average Bonchev–Trinajstić information content (AvgIpc) is 2.32. The summed E-state index contributed by atoms with van der Waals surface area (Å²) in [5.41, 5.74) is 2.37. The van der Waals surface area contributed by atoms with Crippen LogP contribution in [0.1, 0.15) is 11.1 Å². The van der Waals surface area contributed by atoms with Crippen molar-refractivity contribution in [1.29, 1.82) is 0 Å². The van der Waals surface area contributed by atoms with Crippen molar-refractivity contribution in [2.24, 2.45) is 0 Å². The molecule has 4 heteroatoms. The molecule has 82 valence electrons. The Labute approximate surface area is 111 Å². The van der Waals surface area contributed by atoms with E-state index >= 15 is 0 Å². The van der Waals surface area contributed by atoms with Crippen molar-refractivity contribution in [2.75, 3.05) is 0 Å². The van der Waals surface area contributed by atoms with Gasteiger partial charge in [-0.3, -0.25) is 0 Å². The normalized spacial score (nSPS) is 11.4. The van der Waals surface area contributed by atoms with Gasteiger partial charge in [-0.2, -0.15) is 0 Å². The average molecular weight is 230 g/mol. The van der Waals surface area contributed by atoms with Gasteiger partial charge in [0.05, 0.1) is 23.5 Å². The van der Waals surface area contributed by atoms with E-state index < -0.39 is 5.11 Å². The van der Waals surface area contributed by atoms with Gasteiger partial charge in [0.1, 0.15) is 5.82 Å². The van der Waals surface area contributed by atoms with Crippen molar-refractivity contribution in [3.63, 3.8) is 0 Å². The maximum atomic E-state index is 14.0. The molecule has 0 nitrogen and oxygen atoms in total. The van der Waals surface area contributed by atoms with Crippen LogP contribution in [0.5, 0.6) is 0 Å². The number of rotatable bonds is 2. The summed E-state index contributed by atoms with van der Waals surface area (Å²) in [5, 5.41) is -1.42. The smallest absolute Gasteiger partial charge is 0.133 e. The largest absolute Gasteiger partial charge is 0.206 e. The molecule has 0 saturated heterocycles. The van der Waals surface area contributed by atoms with E-state index in [1.165, 1.54) is 0 Å². The zero-order valence-corrected chi connectivity index (χ0v) is 10.2. The zero-order valence-electron chi connectivity index (χ0n) is 10.2. The molecule has 0 aromatic heterocycles. The quantitative estimate of drug-likeness (QED) is 0.694. The third kappa shape index (κ3) is 2.53. The summed E-state index contributed by atoms with van der Waals surface area (Å²) < 4.78 is 14.0. The number of aryl methyl sites for hydroxylation is 1. The fourth-order valence-electron chi connectivity index (χ4n) is 1.83. The summed E-state index contributed by atoms with van der Waals surface area (Å²) in [6, 6.07) is 12.2. The molecular formula is C14H10B3F. The van der Waals surface area contributed by atoms with E-state index in [-0.39, 0.29) is 5.82 Å². The topological polar surface area (TPSA) is 0 Å². The standard InChI is InChI=1S/C14H10B3F/c1-9-4-2-7-12(13(9)18)10-5-3-6-11(8-10)14(15,16)17/h2-8H,1H3. The highest BCUT2D eigenvalue weighted by Crippen LogP contribution is 2.27. The van der Waals surface area contributed by atoms with Gasteiger partial charge >= 0.3 is 0 Å². The Morgan fingerprint density at radius 1 is 1.00 bits per heavy atom. The van der Waals surface area contributed by atoms with Crippen LogP contribution < -0.4 is 0 Å². The Hall–Kier alpha value is -1.44. The maximum absolute atomic E-state index is 14.0. The first-order valence-corrected chi connectivity index (χ1v) is 5.62. The number of hydrogen-bond donors (Lipinski definition) is 0. The lowest BCUT2D eigenvalue weighted by Crippen LogP contribution is -2.26. The van der Waals surface area contributed by atoms with Crippen molar-refractivity contribution >= 4 is 23.5 Å². The molecule has 0 spiro atoms. The predicted octanol–water partition coefficient (Wildman–Crippen LogP) is 2.42. The first-order valence-electron chi connectivity index (χ1n) is 5.62. The zero-order chi connectivity index (χ0) is 13.3. The molecule has 2 rings (SSSR count). The molecule has 2 aromatic carbocycles. The highest BCUT2D eigenvalue weighted by molar-refractivity contribution is 6.58. The molecule has 0 bridgehead atoms. The minimum absolute atomic E-state index is 0.244. The third-order valence-corrected chi connectivity index (χ3v) is 2.87. The molecule has 0 aliphatic rings. The third-order valence-electron chi connectivity index (χ3n) is 2.87. The number of hydrogen-bond acceptors (Lipinski definition) is 0. The first kappa shape index (κ1) is 13.0. The Balaban J connectivity index is 2.55. The van der Waals surface area contributed by atoms with E-state index in [9.17, 15) is 4.39 Å². The minimum Gasteiger partial charge on any atom is -0.206 e. The molecule has 0 saturated carbocycles. The molecule has 0 aliphatic heterocycles. The summed E-state index contributed by atoms with van der Waals surface area (Å²) in [7, 11) is 16.9. The highest BCUT2D eigenvalue weighted by Gasteiger charge is 2.14. The molecule has 0 amide bonds. The molecule has 6 radical (unpaired) electrons. The van der Waals surface area contributed by atoms with Crippen LogP contribution in [0.2, 0.25) is 0 Å². The lowest BCUT2D eigenvalue weighted by Gasteiger charge is -2.21. The van der Waals surface area contributed by atoms with E-state index in [1.807, 2.05) is 0 Å². The molecule has 2 aromatic rings. The van der Waals surface area contributed by atoms with Crippen LogP contribution in [0.25, 0.3) is 11.1 Å². The fourth-order valence-corrected chi connectivity index (χ4v) is 1.83. The SMILES string of the molecule is [B]C([B])([B])c1cccc(-c2cccc(C)c2F)c1. The number of halogens is 1. The van der Waals surface area contributed by atoms with Crippen molar-refractivity contribution in [3.8, 4) is 11.1 Å². The second kappa shape index (κ2) is 4.68. The van der Waals surface area contributed by atoms with Crippen LogP contribution in [0.15, 0.2) is 42.5 Å². The highest BCUT2D eigenvalue weighted by atomic mass is 19.1. The second-order valence-corrected chi connectivity index (χ2v) is 4.45. The summed E-state index contributed by atoms with van der Waals surface area (Å²) in [5.74, 6) is -0.244. The van der Waals surface area contributed by atoms with Crippen molar-refractivity contribution in [1.82, 2.24) is 0 Å². The van der Waals surface area contributed by atoms with Crippen LogP contribution in [0.4, 0.5) is 4.39 Å². The van der Waals surface area contributed by atoms with Crippen LogP contribution in [0.3, 0.4) is 0 Å². The molecule has 0 N–H and O–H groups in total. The Bertz CT molecular complexity index is 573. The van der Waals surface area contributed by atoms with Crippen LogP contribution >= 0.6 is 0 Å². The summed E-state index contributed by atoms with van der Waals surface area (Å²) in [6.07, 6.45) is 0. The van der Waals surface area contributed by atoms with Crippen molar-refractivity contribution < 1.29 is 4.39 Å². The van der Waals surface area contributed by atoms with Gasteiger partial charge in [-0.15, -0.1) is 5.11 Å². The minimum atomic E-state index is -1.42. The Kier molecular flexibility index (Phi) is 3.38. The van der Waals surface area contributed by atoms with E-state index in [0.717, 1.165) is 0 Å². The number of benzene rings is 2. The van der Waals surface area contributed by atoms with Gasteiger partial charge in [-0.1, -0.05) is 48.0 Å². The van der Waals surface area contributed by atoms with E-state index in [1.54, 1.807) is 49.4 Å². The summed E-state index contributed by atoms with van der Waals surface area (Å²) in [6.45, 7) is 1.72. The van der Waals surface area contributed by atoms with E-state index in [4.69, 9.17) is 23.5 Å². The lowest BCUT2D eigenvalue weighted by molar-refractivity contribution is 0.622. The Morgan fingerprint density at radius 2 is 1.67 bits per heavy atom. The van der Waals surface area contributed by atoms with Gasteiger partial charge in [-0.05, 0) is 18.1 Å². The summed E-state index contributed by atoms with van der Waals surface area (Å²) >= 11 is 0. The second-order valence-electron chi connectivity index (χ2n) is 4.45. The van der Waals surface area contributed by atoms with Gasteiger partial charge in [-0.25, -0.2) is 4.39 Å². The van der Waals surface area contributed by atoms with Gasteiger partial charge in [0.15, 0.2) is 0 Å².